The van der Waals surface area contributed by atoms with Crippen LogP contribution in [0.25, 0.3) is 0 Å². The molecule has 0 radical (unpaired) electrons. The smallest absolute Gasteiger partial charge is 0.138 e. The predicted octanol–water partition coefficient (Wildman–Crippen LogP) is 3.69. The number of fused-ring (bicyclic) bond motifs is 5. The average molecular weight is 259 g/mol. The van der Waals surface area contributed by atoms with Crippen molar-refractivity contribution in [2.75, 3.05) is 0 Å². The molecule has 18 heavy (non-hydrogen) atoms. The van der Waals surface area contributed by atoms with Crippen molar-refractivity contribution >= 4 is 17.4 Å². The Bertz CT molecular complexity index is 574. The van der Waals surface area contributed by atoms with E-state index in [1.54, 1.807) is 0 Å². The van der Waals surface area contributed by atoms with Crippen molar-refractivity contribution in [2.45, 2.75) is 31.1 Å². The van der Waals surface area contributed by atoms with E-state index < -0.39 is 0 Å². The molecule has 4 rings (SSSR count). The molecule has 1 nitrogen and oxygen atoms in total. The van der Waals surface area contributed by atoms with Crippen LogP contribution in [0.15, 0.2) is 30.4 Å². The Hall–Kier alpha value is -1.08. The molecule has 0 amide bonds. The highest BCUT2D eigenvalue weighted by molar-refractivity contribution is 6.31. The summed E-state index contributed by atoms with van der Waals surface area (Å²) in [4.78, 5) is 12.1. The third-order valence-corrected chi connectivity index (χ3v) is 5.40. The van der Waals surface area contributed by atoms with Crippen LogP contribution in [0.4, 0.5) is 0 Å². The Kier molecular flexibility index (Phi) is 2.09. The second-order valence-electron chi connectivity index (χ2n) is 6.01. The van der Waals surface area contributed by atoms with Crippen molar-refractivity contribution in [3.63, 3.8) is 0 Å². The van der Waals surface area contributed by atoms with Crippen molar-refractivity contribution < 1.29 is 4.79 Å². The Balaban J connectivity index is 1.95. The first kappa shape index (κ1) is 10.8. The number of rotatable bonds is 0. The summed E-state index contributed by atoms with van der Waals surface area (Å²) in [6.45, 7) is 0. The first-order chi connectivity index (χ1) is 8.69. The van der Waals surface area contributed by atoms with E-state index in [1.807, 2.05) is 12.1 Å². The molecule has 1 aromatic rings. The Morgan fingerprint density at radius 2 is 2.17 bits per heavy atom. The van der Waals surface area contributed by atoms with E-state index in [0.717, 1.165) is 17.0 Å². The summed E-state index contributed by atoms with van der Waals surface area (Å²) in [5.74, 6) is 1.58. The van der Waals surface area contributed by atoms with Crippen molar-refractivity contribution in [3.05, 3.63) is 46.5 Å². The second kappa shape index (κ2) is 3.48. The molecule has 0 aromatic heterocycles. The predicted molar refractivity (Wildman–Crippen MR) is 71.8 cm³/mol. The van der Waals surface area contributed by atoms with Crippen LogP contribution in [0.2, 0.25) is 5.02 Å². The number of carbonyl (C=O) groups excluding carboxylic acids is 1. The number of Topliss-reactive ketones (excluding diaryl/α,β-unsaturated/α-hetero) is 1. The highest BCUT2D eigenvalue weighted by Crippen LogP contribution is 2.58. The third kappa shape index (κ3) is 1.26. The zero-order valence-electron chi connectivity index (χ0n) is 10.2. The lowest BCUT2D eigenvalue weighted by atomic mass is 9.63. The average Bonchev–Trinajstić information content (AvgIpc) is 2.91. The fraction of sp³-hybridized carbons (Fsp3) is 0.438. The van der Waals surface area contributed by atoms with Crippen LogP contribution in [0.3, 0.4) is 0 Å². The minimum atomic E-state index is 0.0645. The van der Waals surface area contributed by atoms with Crippen molar-refractivity contribution in [2.24, 2.45) is 11.8 Å². The van der Waals surface area contributed by atoms with Gasteiger partial charge in [0.15, 0.2) is 0 Å². The lowest BCUT2D eigenvalue weighted by Gasteiger charge is -2.40. The number of ketones is 1. The van der Waals surface area contributed by atoms with E-state index in [2.05, 4.69) is 18.2 Å². The minimum Gasteiger partial charge on any atom is -0.299 e. The zero-order chi connectivity index (χ0) is 12.3. The molecule has 1 aromatic carbocycles. The topological polar surface area (TPSA) is 17.1 Å². The molecule has 3 aliphatic rings. The lowest BCUT2D eigenvalue weighted by Crippen LogP contribution is -2.39. The van der Waals surface area contributed by atoms with Gasteiger partial charge >= 0.3 is 0 Å². The molecule has 3 unspecified atom stereocenters. The largest absolute Gasteiger partial charge is 0.299 e. The molecule has 0 aliphatic heterocycles. The van der Waals surface area contributed by atoms with Gasteiger partial charge in [-0.1, -0.05) is 35.9 Å². The van der Waals surface area contributed by atoms with Gasteiger partial charge in [-0.15, -0.1) is 0 Å². The molecule has 1 spiro atoms. The molecule has 2 bridgehead atoms. The van der Waals surface area contributed by atoms with Gasteiger partial charge in [-0.25, -0.2) is 0 Å². The van der Waals surface area contributed by atoms with Gasteiger partial charge in [0.05, 0.1) is 0 Å². The van der Waals surface area contributed by atoms with Gasteiger partial charge in [0.1, 0.15) is 5.78 Å². The highest BCUT2D eigenvalue weighted by Gasteiger charge is 2.52. The van der Waals surface area contributed by atoms with Crippen LogP contribution < -0.4 is 0 Å². The molecule has 0 saturated heterocycles. The van der Waals surface area contributed by atoms with Gasteiger partial charge < -0.3 is 0 Å². The summed E-state index contributed by atoms with van der Waals surface area (Å²) in [5.41, 5.74) is 2.51. The van der Waals surface area contributed by atoms with Crippen LogP contribution in [0.1, 0.15) is 30.4 Å². The van der Waals surface area contributed by atoms with Crippen LogP contribution in [0, 0.1) is 11.8 Å². The molecule has 3 aliphatic carbocycles. The summed E-state index contributed by atoms with van der Waals surface area (Å²) < 4.78 is 0. The van der Waals surface area contributed by atoms with E-state index in [9.17, 15) is 4.79 Å². The molecular weight excluding hydrogens is 244 g/mol. The second-order valence-corrected chi connectivity index (χ2v) is 6.41. The normalized spacial score (nSPS) is 36.4. The number of hydrogen-bond acceptors (Lipinski definition) is 1. The van der Waals surface area contributed by atoms with Crippen molar-refractivity contribution in [1.29, 1.82) is 0 Å². The first-order valence-corrected chi connectivity index (χ1v) is 7.05. The molecule has 3 atom stereocenters. The maximum Gasteiger partial charge on any atom is 0.138 e. The van der Waals surface area contributed by atoms with Crippen LogP contribution >= 0.6 is 11.6 Å². The summed E-state index contributed by atoms with van der Waals surface area (Å²) in [6.07, 6.45) is 8.26. The number of allylic oxidation sites excluding steroid dienone is 2. The van der Waals surface area contributed by atoms with Crippen molar-refractivity contribution in [1.82, 2.24) is 0 Å². The van der Waals surface area contributed by atoms with Gasteiger partial charge in [0, 0.05) is 23.3 Å². The molecule has 1 fully saturated rings. The fourth-order valence-corrected chi connectivity index (χ4v) is 4.62. The fourth-order valence-electron chi connectivity index (χ4n) is 4.38. The molecular formula is C16H15ClO. The standard InChI is InChI=1S/C16H15ClO/c17-15-3-1-2-14-13(15)7-12(18)9-16(14)8-10-4-5-11(16)6-10/h1-5,10-11H,6-9H2. The molecule has 92 valence electrons. The number of carbonyl (C=O) groups is 1. The number of hydrogen-bond donors (Lipinski definition) is 0. The number of benzene rings is 1. The first-order valence-electron chi connectivity index (χ1n) is 6.67. The Labute approximate surface area is 112 Å². The molecule has 2 heteroatoms. The van der Waals surface area contributed by atoms with Gasteiger partial charge in [-0.3, -0.25) is 4.79 Å². The van der Waals surface area contributed by atoms with E-state index in [4.69, 9.17) is 11.6 Å². The maximum atomic E-state index is 12.1. The summed E-state index contributed by atoms with van der Waals surface area (Å²) in [5, 5.41) is 0.770. The van der Waals surface area contributed by atoms with Crippen LogP contribution in [-0.2, 0) is 16.6 Å². The number of halogens is 1. The maximum absolute atomic E-state index is 12.1. The zero-order valence-corrected chi connectivity index (χ0v) is 10.9. The van der Waals surface area contributed by atoms with Crippen molar-refractivity contribution in [3.8, 4) is 0 Å². The SMILES string of the molecule is O=C1Cc2c(Cl)cccc2C2(C1)CC1C=CC2C1. The van der Waals surface area contributed by atoms with Gasteiger partial charge in [-0.2, -0.15) is 0 Å². The van der Waals surface area contributed by atoms with E-state index >= 15 is 0 Å². The Morgan fingerprint density at radius 1 is 1.28 bits per heavy atom. The monoisotopic (exact) mass is 258 g/mol. The minimum absolute atomic E-state index is 0.0645. The molecule has 0 heterocycles. The van der Waals surface area contributed by atoms with Crippen LogP contribution in [-0.4, -0.2) is 5.78 Å². The van der Waals surface area contributed by atoms with Gasteiger partial charge in [-0.05, 0) is 41.9 Å². The third-order valence-electron chi connectivity index (χ3n) is 5.05. The summed E-state index contributed by atoms with van der Waals surface area (Å²) in [6, 6.07) is 6.15. The van der Waals surface area contributed by atoms with E-state index in [1.165, 1.54) is 12.0 Å². The quantitative estimate of drug-likeness (QED) is 0.649. The van der Waals surface area contributed by atoms with Gasteiger partial charge in [0.2, 0.25) is 0 Å². The lowest BCUT2D eigenvalue weighted by molar-refractivity contribution is -0.120. The Morgan fingerprint density at radius 3 is 2.89 bits per heavy atom. The van der Waals surface area contributed by atoms with E-state index in [-0.39, 0.29) is 5.41 Å². The van der Waals surface area contributed by atoms with E-state index in [0.29, 0.717) is 30.5 Å². The van der Waals surface area contributed by atoms with Gasteiger partial charge in [0.25, 0.3) is 0 Å². The summed E-state index contributed by atoms with van der Waals surface area (Å²) >= 11 is 6.30. The molecule has 1 saturated carbocycles. The highest BCUT2D eigenvalue weighted by atomic mass is 35.5. The molecule has 0 N–H and O–H groups in total. The van der Waals surface area contributed by atoms with Crippen LogP contribution in [0.5, 0.6) is 0 Å². The summed E-state index contributed by atoms with van der Waals surface area (Å²) in [7, 11) is 0.